The zero-order valence-corrected chi connectivity index (χ0v) is 17.6. The lowest BCUT2D eigenvalue weighted by molar-refractivity contribution is -0.122. The lowest BCUT2D eigenvalue weighted by Crippen LogP contribution is -2.30. The molecule has 5 heteroatoms. The summed E-state index contributed by atoms with van der Waals surface area (Å²) >= 11 is 0. The van der Waals surface area contributed by atoms with Crippen LogP contribution in [0.4, 0.5) is 0 Å². The molecule has 1 aromatic heterocycles. The average molecular weight is 401 g/mol. The fourth-order valence-corrected chi connectivity index (χ4v) is 4.38. The molecule has 2 N–H and O–H groups in total. The summed E-state index contributed by atoms with van der Waals surface area (Å²) in [5, 5.41) is 16.2. The average Bonchev–Trinajstić information content (AvgIpc) is 3.13. The SMILES string of the molecule is CC(C)C[C@@H](C(=O)NCC#N)c1cccc(-c2ccc3c(c2)cc2n3CCNC2)c1. The Labute approximate surface area is 177 Å². The van der Waals surface area contributed by atoms with Crippen molar-refractivity contribution in [2.75, 3.05) is 13.1 Å². The van der Waals surface area contributed by atoms with Gasteiger partial charge in [-0.1, -0.05) is 44.2 Å². The molecule has 1 aliphatic heterocycles. The summed E-state index contributed by atoms with van der Waals surface area (Å²) in [6.07, 6.45) is 0.749. The second-order valence-corrected chi connectivity index (χ2v) is 8.42. The standard InChI is InChI=1S/C25H28N4O/c1-17(2)12-23(25(30)28-9-8-26)20-5-3-4-18(13-20)19-6-7-24-21(14-19)15-22-16-27-10-11-29(22)24/h3-7,13-15,17,23,27H,9-12,16H2,1-2H3,(H,28,30)/t23-/m1/s1. The van der Waals surface area contributed by atoms with Crippen molar-refractivity contribution in [2.24, 2.45) is 5.92 Å². The van der Waals surface area contributed by atoms with Crippen LogP contribution in [0.3, 0.4) is 0 Å². The van der Waals surface area contributed by atoms with Crippen molar-refractivity contribution in [1.29, 1.82) is 5.26 Å². The number of amides is 1. The van der Waals surface area contributed by atoms with Gasteiger partial charge in [-0.05, 0) is 47.2 Å². The molecule has 0 bridgehead atoms. The highest BCUT2D eigenvalue weighted by Gasteiger charge is 2.22. The van der Waals surface area contributed by atoms with E-state index in [1.54, 1.807) is 0 Å². The summed E-state index contributed by atoms with van der Waals surface area (Å²) in [5.41, 5.74) is 5.87. The molecule has 0 aliphatic carbocycles. The Kier molecular flexibility index (Phi) is 5.87. The maximum atomic E-state index is 12.7. The van der Waals surface area contributed by atoms with Gasteiger partial charge in [0.2, 0.25) is 5.91 Å². The van der Waals surface area contributed by atoms with E-state index in [-0.39, 0.29) is 18.4 Å². The van der Waals surface area contributed by atoms with Gasteiger partial charge in [0, 0.05) is 36.2 Å². The van der Waals surface area contributed by atoms with Gasteiger partial charge in [0.15, 0.2) is 0 Å². The van der Waals surface area contributed by atoms with Crippen LogP contribution in [0.15, 0.2) is 48.5 Å². The van der Waals surface area contributed by atoms with Crippen LogP contribution in [0.25, 0.3) is 22.0 Å². The molecule has 1 amide bonds. The van der Waals surface area contributed by atoms with Gasteiger partial charge in [0.25, 0.3) is 0 Å². The molecule has 0 unspecified atom stereocenters. The zero-order valence-electron chi connectivity index (χ0n) is 17.6. The third kappa shape index (κ3) is 4.10. The van der Waals surface area contributed by atoms with Crippen molar-refractivity contribution >= 4 is 16.8 Å². The van der Waals surface area contributed by atoms with Crippen molar-refractivity contribution in [2.45, 2.75) is 39.3 Å². The van der Waals surface area contributed by atoms with Gasteiger partial charge in [-0.3, -0.25) is 4.79 Å². The van der Waals surface area contributed by atoms with Gasteiger partial charge < -0.3 is 15.2 Å². The van der Waals surface area contributed by atoms with Crippen LogP contribution in [-0.4, -0.2) is 23.6 Å². The maximum Gasteiger partial charge on any atom is 0.228 e. The van der Waals surface area contributed by atoms with E-state index < -0.39 is 0 Å². The van der Waals surface area contributed by atoms with Gasteiger partial charge in [0.1, 0.15) is 6.54 Å². The smallest absolute Gasteiger partial charge is 0.228 e. The number of aromatic nitrogens is 1. The quantitative estimate of drug-likeness (QED) is 0.610. The molecule has 2 aromatic carbocycles. The van der Waals surface area contributed by atoms with Gasteiger partial charge in [-0.15, -0.1) is 0 Å². The number of nitriles is 1. The lowest BCUT2D eigenvalue weighted by atomic mass is 9.88. The van der Waals surface area contributed by atoms with E-state index in [9.17, 15) is 4.79 Å². The molecule has 4 rings (SSSR count). The normalized spacial score (nSPS) is 14.3. The first-order valence-electron chi connectivity index (χ1n) is 10.6. The second kappa shape index (κ2) is 8.73. The topological polar surface area (TPSA) is 69.8 Å². The molecule has 1 atom stereocenters. The number of carbonyl (C=O) groups excluding carboxylic acids is 1. The number of rotatable bonds is 6. The third-order valence-electron chi connectivity index (χ3n) is 5.79. The molecule has 3 aromatic rings. The molecular weight excluding hydrogens is 372 g/mol. The summed E-state index contributed by atoms with van der Waals surface area (Å²) in [5.74, 6) is 0.0458. The van der Waals surface area contributed by atoms with Crippen molar-refractivity contribution < 1.29 is 4.79 Å². The highest BCUT2D eigenvalue weighted by molar-refractivity contribution is 5.88. The van der Waals surface area contributed by atoms with E-state index in [4.69, 9.17) is 5.26 Å². The molecule has 0 saturated carbocycles. The maximum absolute atomic E-state index is 12.7. The van der Waals surface area contributed by atoms with Crippen LogP contribution in [0.1, 0.15) is 37.4 Å². The molecule has 0 radical (unpaired) electrons. The van der Waals surface area contributed by atoms with Crippen LogP contribution < -0.4 is 10.6 Å². The number of fused-ring (bicyclic) bond motifs is 3. The summed E-state index contributed by atoms with van der Waals surface area (Å²) in [6, 6.07) is 19.1. The first-order valence-corrected chi connectivity index (χ1v) is 10.6. The highest BCUT2D eigenvalue weighted by atomic mass is 16.1. The Morgan fingerprint density at radius 1 is 1.20 bits per heavy atom. The molecule has 0 spiro atoms. The van der Waals surface area contributed by atoms with Crippen LogP contribution in [-0.2, 0) is 17.9 Å². The summed E-state index contributed by atoms with van der Waals surface area (Å²) in [6.45, 7) is 7.19. The van der Waals surface area contributed by atoms with Gasteiger partial charge in [-0.2, -0.15) is 5.26 Å². The van der Waals surface area contributed by atoms with E-state index in [0.29, 0.717) is 5.92 Å². The predicted octanol–water partition coefficient (Wildman–Crippen LogP) is 4.18. The fourth-order valence-electron chi connectivity index (χ4n) is 4.38. The number of hydrogen-bond donors (Lipinski definition) is 2. The first-order chi connectivity index (χ1) is 14.6. The van der Waals surface area contributed by atoms with E-state index in [1.165, 1.54) is 16.6 Å². The Balaban J connectivity index is 1.68. The van der Waals surface area contributed by atoms with Crippen molar-refractivity contribution in [1.82, 2.24) is 15.2 Å². The molecule has 30 heavy (non-hydrogen) atoms. The first kappa shape index (κ1) is 20.2. The third-order valence-corrected chi connectivity index (χ3v) is 5.79. The van der Waals surface area contributed by atoms with Crippen LogP contribution in [0.2, 0.25) is 0 Å². The molecule has 1 aliphatic rings. The number of carbonyl (C=O) groups is 1. The van der Waals surface area contributed by atoms with Crippen molar-refractivity contribution in [3.8, 4) is 17.2 Å². The summed E-state index contributed by atoms with van der Waals surface area (Å²) in [4.78, 5) is 12.7. The monoisotopic (exact) mass is 400 g/mol. The Hall–Kier alpha value is -3.10. The molecule has 0 fully saturated rings. The fraction of sp³-hybridized carbons (Fsp3) is 0.360. The highest BCUT2D eigenvalue weighted by Crippen LogP contribution is 2.31. The lowest BCUT2D eigenvalue weighted by Gasteiger charge is -2.19. The van der Waals surface area contributed by atoms with E-state index in [1.807, 2.05) is 18.2 Å². The minimum absolute atomic E-state index is 0.0396. The summed E-state index contributed by atoms with van der Waals surface area (Å²) in [7, 11) is 0. The molecule has 0 saturated heterocycles. The molecule has 154 valence electrons. The Morgan fingerprint density at radius 2 is 2.03 bits per heavy atom. The number of nitrogens with one attached hydrogen (secondary N) is 2. The number of hydrogen-bond acceptors (Lipinski definition) is 3. The zero-order chi connectivity index (χ0) is 21.1. The second-order valence-electron chi connectivity index (χ2n) is 8.42. The van der Waals surface area contributed by atoms with Gasteiger partial charge in [-0.25, -0.2) is 0 Å². The number of benzene rings is 2. The van der Waals surface area contributed by atoms with Gasteiger partial charge in [0.05, 0.1) is 12.0 Å². The van der Waals surface area contributed by atoms with Crippen LogP contribution in [0.5, 0.6) is 0 Å². The summed E-state index contributed by atoms with van der Waals surface area (Å²) < 4.78 is 2.39. The van der Waals surface area contributed by atoms with Gasteiger partial charge >= 0.3 is 0 Å². The Morgan fingerprint density at radius 3 is 2.83 bits per heavy atom. The van der Waals surface area contributed by atoms with E-state index >= 15 is 0 Å². The molecular formula is C25H28N4O. The van der Waals surface area contributed by atoms with E-state index in [2.05, 4.69) is 65.4 Å². The van der Waals surface area contributed by atoms with E-state index in [0.717, 1.165) is 42.7 Å². The van der Waals surface area contributed by atoms with Crippen LogP contribution >= 0.6 is 0 Å². The van der Waals surface area contributed by atoms with Crippen LogP contribution in [0, 0.1) is 17.2 Å². The molecule has 5 nitrogen and oxygen atoms in total. The Bertz CT molecular complexity index is 1110. The number of nitrogens with zero attached hydrogens (tertiary/aromatic N) is 2. The van der Waals surface area contributed by atoms with Crippen molar-refractivity contribution in [3.05, 3.63) is 59.8 Å². The van der Waals surface area contributed by atoms with Crippen molar-refractivity contribution in [3.63, 3.8) is 0 Å². The predicted molar refractivity (Wildman–Crippen MR) is 120 cm³/mol. The minimum Gasteiger partial charge on any atom is -0.342 e. The minimum atomic E-state index is -0.255. The molecule has 2 heterocycles. The largest absolute Gasteiger partial charge is 0.342 e.